The van der Waals surface area contributed by atoms with Crippen molar-refractivity contribution < 1.29 is 14.1 Å². The van der Waals surface area contributed by atoms with E-state index >= 15 is 0 Å². The van der Waals surface area contributed by atoms with Crippen LogP contribution in [0.15, 0.2) is 4.52 Å². The molecule has 0 spiro atoms. The molecule has 3 rings (SSSR count). The van der Waals surface area contributed by atoms with Gasteiger partial charge in [-0.15, -0.1) is 0 Å². The molecular formula is C15H23N5O3. The van der Waals surface area contributed by atoms with E-state index in [4.69, 9.17) is 4.52 Å². The van der Waals surface area contributed by atoms with Gasteiger partial charge in [0.2, 0.25) is 11.8 Å². The van der Waals surface area contributed by atoms with Crippen molar-refractivity contribution in [3.8, 4) is 0 Å². The second-order valence-electron chi connectivity index (χ2n) is 6.15. The van der Waals surface area contributed by atoms with Crippen LogP contribution in [0.3, 0.4) is 0 Å². The van der Waals surface area contributed by atoms with Crippen LogP contribution >= 0.6 is 0 Å². The van der Waals surface area contributed by atoms with Gasteiger partial charge in [-0.2, -0.15) is 4.98 Å². The maximum absolute atomic E-state index is 12.4. The van der Waals surface area contributed by atoms with Crippen molar-refractivity contribution in [1.82, 2.24) is 25.3 Å². The third-order valence-electron chi connectivity index (χ3n) is 4.43. The van der Waals surface area contributed by atoms with Gasteiger partial charge in [-0.25, -0.2) is 4.79 Å². The molecule has 0 bridgehead atoms. The fourth-order valence-corrected chi connectivity index (χ4v) is 3.26. The monoisotopic (exact) mass is 321 g/mol. The highest BCUT2D eigenvalue weighted by Gasteiger charge is 2.32. The molecule has 0 aromatic carbocycles. The maximum atomic E-state index is 12.4. The van der Waals surface area contributed by atoms with E-state index < -0.39 is 0 Å². The Balaban J connectivity index is 1.46. The van der Waals surface area contributed by atoms with Gasteiger partial charge < -0.3 is 19.6 Å². The van der Waals surface area contributed by atoms with E-state index in [1.807, 2.05) is 9.80 Å². The Morgan fingerprint density at radius 2 is 2.30 bits per heavy atom. The Kier molecular flexibility index (Phi) is 4.78. The molecule has 8 nitrogen and oxygen atoms in total. The summed E-state index contributed by atoms with van der Waals surface area (Å²) in [6.07, 6.45) is 3.71. The molecular weight excluding hydrogens is 298 g/mol. The lowest BCUT2D eigenvalue weighted by Gasteiger charge is -2.37. The van der Waals surface area contributed by atoms with Crippen LogP contribution in [0.2, 0.25) is 0 Å². The molecule has 3 amide bonds. The van der Waals surface area contributed by atoms with Crippen molar-refractivity contribution in [2.24, 2.45) is 0 Å². The van der Waals surface area contributed by atoms with Crippen molar-refractivity contribution in [1.29, 1.82) is 0 Å². The number of aromatic nitrogens is 2. The predicted octanol–water partition coefficient (Wildman–Crippen LogP) is 0.717. The SMILES string of the molecule is Cc1noc(CCCC(=O)N2CCC[C@@H](N3CCNC3=O)C2)n1. The molecule has 3 heterocycles. The number of likely N-dealkylation sites (tertiary alicyclic amines) is 1. The van der Waals surface area contributed by atoms with Gasteiger partial charge in [-0.1, -0.05) is 5.16 Å². The quantitative estimate of drug-likeness (QED) is 0.862. The standard InChI is InChI=1S/C15H23N5O3/c1-11-17-13(23-18-11)5-2-6-14(21)19-8-3-4-12(10-19)20-9-7-16-15(20)22/h12H,2-10H2,1H3,(H,16,22)/t12-/m1/s1. The van der Waals surface area contributed by atoms with Crippen molar-refractivity contribution >= 4 is 11.9 Å². The average molecular weight is 321 g/mol. The molecule has 0 aliphatic carbocycles. The van der Waals surface area contributed by atoms with Crippen molar-refractivity contribution in [3.63, 3.8) is 0 Å². The van der Waals surface area contributed by atoms with Crippen LogP contribution < -0.4 is 5.32 Å². The van der Waals surface area contributed by atoms with Crippen molar-refractivity contribution in [2.45, 2.75) is 45.1 Å². The highest BCUT2D eigenvalue weighted by Crippen LogP contribution is 2.18. The number of amides is 3. The summed E-state index contributed by atoms with van der Waals surface area (Å²) < 4.78 is 5.05. The number of hydrogen-bond acceptors (Lipinski definition) is 5. The van der Waals surface area contributed by atoms with Gasteiger partial charge in [-0.3, -0.25) is 4.79 Å². The Morgan fingerprint density at radius 1 is 1.43 bits per heavy atom. The summed E-state index contributed by atoms with van der Waals surface area (Å²) in [6, 6.07) is 0.143. The Hall–Kier alpha value is -2.12. The minimum Gasteiger partial charge on any atom is -0.341 e. The zero-order chi connectivity index (χ0) is 16.2. The van der Waals surface area contributed by atoms with E-state index in [0.29, 0.717) is 44.1 Å². The minimum absolute atomic E-state index is 0.00365. The molecule has 1 aromatic rings. The van der Waals surface area contributed by atoms with Crippen LogP contribution in [0.5, 0.6) is 0 Å². The topological polar surface area (TPSA) is 91.6 Å². The van der Waals surface area contributed by atoms with Crippen LogP contribution in [0, 0.1) is 6.92 Å². The van der Waals surface area contributed by atoms with Gasteiger partial charge in [0.1, 0.15) is 0 Å². The molecule has 0 radical (unpaired) electrons. The molecule has 8 heteroatoms. The summed E-state index contributed by atoms with van der Waals surface area (Å²) in [6.45, 7) is 4.64. The first-order valence-corrected chi connectivity index (χ1v) is 8.25. The number of hydrogen-bond donors (Lipinski definition) is 1. The third kappa shape index (κ3) is 3.80. The van der Waals surface area contributed by atoms with Crippen molar-refractivity contribution in [3.05, 3.63) is 11.7 Å². The number of nitrogens with one attached hydrogen (secondary N) is 1. The first-order chi connectivity index (χ1) is 11.1. The second kappa shape index (κ2) is 6.97. The summed E-state index contributed by atoms with van der Waals surface area (Å²) in [5.74, 6) is 1.35. The van der Waals surface area contributed by atoms with Crippen LogP contribution in [-0.2, 0) is 11.2 Å². The smallest absolute Gasteiger partial charge is 0.317 e. The second-order valence-corrected chi connectivity index (χ2v) is 6.15. The van der Waals surface area contributed by atoms with Gasteiger partial charge >= 0.3 is 6.03 Å². The Bertz CT molecular complexity index is 573. The lowest BCUT2D eigenvalue weighted by atomic mass is 10.0. The van der Waals surface area contributed by atoms with E-state index in [1.54, 1.807) is 6.92 Å². The number of piperidine rings is 1. The van der Waals surface area contributed by atoms with E-state index in [1.165, 1.54) is 0 Å². The summed E-state index contributed by atoms with van der Waals surface area (Å²) >= 11 is 0. The summed E-state index contributed by atoms with van der Waals surface area (Å²) in [5, 5.41) is 6.57. The van der Waals surface area contributed by atoms with Crippen LogP contribution in [-0.4, -0.2) is 64.1 Å². The van der Waals surface area contributed by atoms with Crippen molar-refractivity contribution in [2.75, 3.05) is 26.2 Å². The molecule has 2 fully saturated rings. The molecule has 0 saturated carbocycles. The van der Waals surface area contributed by atoms with E-state index in [9.17, 15) is 9.59 Å². The van der Waals surface area contributed by atoms with Crippen LogP contribution in [0.4, 0.5) is 4.79 Å². The zero-order valence-corrected chi connectivity index (χ0v) is 13.5. The number of urea groups is 1. The fourth-order valence-electron chi connectivity index (χ4n) is 3.26. The number of nitrogens with zero attached hydrogens (tertiary/aromatic N) is 4. The molecule has 1 N–H and O–H groups in total. The number of aryl methyl sites for hydroxylation is 2. The van der Waals surface area contributed by atoms with Gasteiger partial charge in [-0.05, 0) is 26.2 Å². The van der Waals surface area contributed by atoms with Gasteiger partial charge in [0.25, 0.3) is 0 Å². The first-order valence-electron chi connectivity index (χ1n) is 8.25. The van der Waals surface area contributed by atoms with Crippen LogP contribution in [0.25, 0.3) is 0 Å². The van der Waals surface area contributed by atoms with E-state index in [0.717, 1.165) is 25.9 Å². The Labute approximate surface area is 135 Å². The molecule has 1 atom stereocenters. The summed E-state index contributed by atoms with van der Waals surface area (Å²) in [7, 11) is 0. The van der Waals surface area contributed by atoms with Gasteiger partial charge in [0.05, 0.1) is 6.04 Å². The van der Waals surface area contributed by atoms with Gasteiger partial charge in [0.15, 0.2) is 5.82 Å². The number of carbonyl (C=O) groups excluding carboxylic acids is 2. The molecule has 2 aliphatic heterocycles. The normalized spacial score (nSPS) is 21.6. The third-order valence-corrected chi connectivity index (χ3v) is 4.43. The van der Waals surface area contributed by atoms with Gasteiger partial charge in [0, 0.05) is 39.0 Å². The molecule has 2 aliphatic rings. The lowest BCUT2D eigenvalue weighted by molar-refractivity contribution is -0.133. The Morgan fingerprint density at radius 3 is 3.00 bits per heavy atom. The highest BCUT2D eigenvalue weighted by molar-refractivity contribution is 5.78. The maximum Gasteiger partial charge on any atom is 0.317 e. The zero-order valence-electron chi connectivity index (χ0n) is 13.5. The first kappa shape index (κ1) is 15.8. The average Bonchev–Trinajstić information content (AvgIpc) is 3.16. The van der Waals surface area contributed by atoms with E-state index in [-0.39, 0.29) is 18.0 Å². The highest BCUT2D eigenvalue weighted by atomic mass is 16.5. The summed E-state index contributed by atoms with van der Waals surface area (Å²) in [4.78, 5) is 32.0. The minimum atomic E-state index is -0.00365. The molecule has 1 aromatic heterocycles. The molecule has 126 valence electrons. The number of rotatable bonds is 5. The molecule has 23 heavy (non-hydrogen) atoms. The molecule has 2 saturated heterocycles. The number of carbonyl (C=O) groups is 2. The van der Waals surface area contributed by atoms with Crippen LogP contribution in [0.1, 0.15) is 37.4 Å². The summed E-state index contributed by atoms with van der Waals surface area (Å²) in [5.41, 5.74) is 0. The lowest BCUT2D eigenvalue weighted by Crippen LogP contribution is -2.50. The fraction of sp³-hybridized carbons (Fsp3) is 0.733. The molecule has 0 unspecified atom stereocenters. The largest absolute Gasteiger partial charge is 0.341 e. The predicted molar refractivity (Wildman–Crippen MR) is 81.7 cm³/mol. The van der Waals surface area contributed by atoms with E-state index in [2.05, 4.69) is 15.5 Å².